The standard InChI is InChI=1S/C14H18N2O3/c1-9(2)7-16-12-5-4-11(15-8-17)6-13(12)19-10(3)14(16)18/h4-6,8-10H,7H2,1-3H3,(H,15,17). The normalized spacial score (nSPS) is 18.0. The van der Waals surface area contributed by atoms with Crippen LogP contribution in [0.1, 0.15) is 20.8 Å². The number of rotatable bonds is 4. The van der Waals surface area contributed by atoms with E-state index in [2.05, 4.69) is 19.2 Å². The molecule has 2 rings (SSSR count). The molecule has 1 aliphatic heterocycles. The molecule has 1 unspecified atom stereocenters. The van der Waals surface area contributed by atoms with Crippen LogP contribution in [0, 0.1) is 5.92 Å². The van der Waals surface area contributed by atoms with Crippen LogP contribution in [0.5, 0.6) is 5.75 Å². The Morgan fingerprint density at radius 2 is 2.21 bits per heavy atom. The summed E-state index contributed by atoms with van der Waals surface area (Å²) < 4.78 is 5.60. The van der Waals surface area contributed by atoms with Crippen LogP contribution in [0.3, 0.4) is 0 Å². The largest absolute Gasteiger partial charge is 0.479 e. The van der Waals surface area contributed by atoms with Crippen LogP contribution in [0.15, 0.2) is 18.2 Å². The van der Waals surface area contributed by atoms with Crippen molar-refractivity contribution in [2.24, 2.45) is 5.92 Å². The first-order valence-electron chi connectivity index (χ1n) is 6.35. The van der Waals surface area contributed by atoms with Crippen LogP contribution < -0.4 is 15.0 Å². The quantitative estimate of drug-likeness (QED) is 0.845. The van der Waals surface area contributed by atoms with E-state index in [1.54, 1.807) is 30.0 Å². The number of hydrogen-bond donors (Lipinski definition) is 1. The van der Waals surface area contributed by atoms with E-state index < -0.39 is 6.10 Å². The van der Waals surface area contributed by atoms with Crippen molar-refractivity contribution in [1.82, 2.24) is 0 Å². The monoisotopic (exact) mass is 262 g/mol. The number of nitrogens with one attached hydrogen (secondary N) is 1. The summed E-state index contributed by atoms with van der Waals surface area (Å²) in [5.74, 6) is 0.965. The first kappa shape index (κ1) is 13.4. The molecule has 1 aromatic carbocycles. The molecule has 1 N–H and O–H groups in total. The smallest absolute Gasteiger partial charge is 0.267 e. The SMILES string of the molecule is CC(C)CN1C(=O)C(C)Oc2cc(NC=O)ccc21. The Morgan fingerprint density at radius 3 is 2.84 bits per heavy atom. The van der Waals surface area contributed by atoms with Crippen LogP contribution in [0.2, 0.25) is 0 Å². The molecule has 0 saturated heterocycles. The predicted octanol–water partition coefficient (Wildman–Crippen LogP) is 2.02. The highest BCUT2D eigenvalue weighted by Gasteiger charge is 2.31. The molecule has 0 spiro atoms. The molecule has 2 amide bonds. The molecule has 1 atom stereocenters. The zero-order chi connectivity index (χ0) is 14.0. The summed E-state index contributed by atoms with van der Waals surface area (Å²) in [6, 6.07) is 5.29. The maximum absolute atomic E-state index is 12.2. The third-order valence-electron chi connectivity index (χ3n) is 2.94. The molecular formula is C14H18N2O3. The average molecular weight is 262 g/mol. The van der Waals surface area contributed by atoms with Crippen molar-refractivity contribution in [2.75, 3.05) is 16.8 Å². The first-order chi connectivity index (χ1) is 9.02. The van der Waals surface area contributed by atoms with Gasteiger partial charge in [-0.1, -0.05) is 13.8 Å². The minimum absolute atomic E-state index is 0.0303. The van der Waals surface area contributed by atoms with Crippen molar-refractivity contribution in [2.45, 2.75) is 26.9 Å². The maximum atomic E-state index is 12.2. The molecular weight excluding hydrogens is 244 g/mol. The Kier molecular flexibility index (Phi) is 3.74. The molecule has 19 heavy (non-hydrogen) atoms. The minimum Gasteiger partial charge on any atom is -0.479 e. The van der Waals surface area contributed by atoms with Gasteiger partial charge in [0.2, 0.25) is 6.41 Å². The number of anilines is 2. The summed E-state index contributed by atoms with van der Waals surface area (Å²) in [6.07, 6.45) is 0.114. The Labute approximate surface area is 112 Å². The van der Waals surface area contributed by atoms with Gasteiger partial charge in [-0.3, -0.25) is 9.59 Å². The number of fused-ring (bicyclic) bond motifs is 1. The molecule has 102 valence electrons. The number of nitrogens with zero attached hydrogens (tertiary/aromatic N) is 1. The highest BCUT2D eigenvalue weighted by Crippen LogP contribution is 2.36. The van der Waals surface area contributed by atoms with Gasteiger partial charge in [-0.2, -0.15) is 0 Å². The second-order valence-electron chi connectivity index (χ2n) is 5.05. The third kappa shape index (κ3) is 2.70. The highest BCUT2D eigenvalue weighted by molar-refractivity contribution is 6.00. The number of carbonyl (C=O) groups excluding carboxylic acids is 2. The molecule has 1 heterocycles. The molecule has 0 radical (unpaired) electrons. The zero-order valence-electron chi connectivity index (χ0n) is 11.3. The molecule has 1 aromatic rings. The lowest BCUT2D eigenvalue weighted by Gasteiger charge is -2.34. The second-order valence-corrected chi connectivity index (χ2v) is 5.05. The van der Waals surface area contributed by atoms with Crippen LogP contribution in [-0.4, -0.2) is 25.0 Å². The summed E-state index contributed by atoms with van der Waals surface area (Å²) >= 11 is 0. The summed E-state index contributed by atoms with van der Waals surface area (Å²) in [7, 11) is 0. The molecule has 5 nitrogen and oxygen atoms in total. The summed E-state index contributed by atoms with van der Waals surface area (Å²) in [5.41, 5.74) is 1.41. The molecule has 0 aliphatic carbocycles. The van der Waals surface area contributed by atoms with Crippen LogP contribution in [0.4, 0.5) is 11.4 Å². The lowest BCUT2D eigenvalue weighted by atomic mass is 10.1. The number of hydrogen-bond acceptors (Lipinski definition) is 3. The van der Waals surface area contributed by atoms with Gasteiger partial charge in [0.25, 0.3) is 5.91 Å². The Balaban J connectivity index is 2.38. The van der Waals surface area contributed by atoms with Crippen molar-refractivity contribution in [3.63, 3.8) is 0 Å². The van der Waals surface area contributed by atoms with E-state index in [0.717, 1.165) is 5.69 Å². The van der Waals surface area contributed by atoms with Gasteiger partial charge in [0.15, 0.2) is 6.10 Å². The molecule has 0 aromatic heterocycles. The third-order valence-corrected chi connectivity index (χ3v) is 2.94. The molecule has 0 saturated carbocycles. The van der Waals surface area contributed by atoms with Crippen molar-refractivity contribution in [3.8, 4) is 5.75 Å². The average Bonchev–Trinajstić information content (AvgIpc) is 2.35. The van der Waals surface area contributed by atoms with Crippen molar-refractivity contribution < 1.29 is 14.3 Å². The summed E-state index contributed by atoms with van der Waals surface area (Å²) in [5, 5.41) is 2.58. The summed E-state index contributed by atoms with van der Waals surface area (Å²) in [4.78, 5) is 24.4. The topological polar surface area (TPSA) is 58.6 Å². The van der Waals surface area contributed by atoms with E-state index in [1.165, 1.54) is 0 Å². The number of benzene rings is 1. The lowest BCUT2D eigenvalue weighted by molar-refractivity contribution is -0.125. The number of amides is 2. The Morgan fingerprint density at radius 1 is 1.47 bits per heavy atom. The van der Waals surface area contributed by atoms with Gasteiger partial charge >= 0.3 is 0 Å². The van der Waals surface area contributed by atoms with E-state index in [0.29, 0.717) is 30.3 Å². The van der Waals surface area contributed by atoms with E-state index in [1.807, 2.05) is 0 Å². The molecule has 1 aliphatic rings. The van der Waals surface area contributed by atoms with Gasteiger partial charge in [0.1, 0.15) is 5.75 Å². The van der Waals surface area contributed by atoms with E-state index in [9.17, 15) is 9.59 Å². The maximum Gasteiger partial charge on any atom is 0.267 e. The van der Waals surface area contributed by atoms with Crippen LogP contribution in [0.25, 0.3) is 0 Å². The van der Waals surface area contributed by atoms with Gasteiger partial charge in [0.05, 0.1) is 5.69 Å². The minimum atomic E-state index is -0.502. The van der Waals surface area contributed by atoms with Crippen molar-refractivity contribution >= 4 is 23.7 Å². The Hall–Kier alpha value is -2.04. The molecule has 5 heteroatoms. The Bertz CT molecular complexity index is 499. The fourth-order valence-corrected chi connectivity index (χ4v) is 2.12. The summed E-state index contributed by atoms with van der Waals surface area (Å²) in [6.45, 7) is 6.52. The van der Waals surface area contributed by atoms with E-state index in [-0.39, 0.29) is 5.91 Å². The van der Waals surface area contributed by atoms with Gasteiger partial charge in [-0.15, -0.1) is 0 Å². The van der Waals surface area contributed by atoms with Crippen molar-refractivity contribution in [3.05, 3.63) is 18.2 Å². The lowest BCUT2D eigenvalue weighted by Crippen LogP contribution is -2.46. The van der Waals surface area contributed by atoms with Gasteiger partial charge in [0, 0.05) is 18.3 Å². The van der Waals surface area contributed by atoms with E-state index in [4.69, 9.17) is 4.74 Å². The van der Waals surface area contributed by atoms with E-state index >= 15 is 0 Å². The highest BCUT2D eigenvalue weighted by atomic mass is 16.5. The zero-order valence-corrected chi connectivity index (χ0v) is 11.3. The number of carbonyl (C=O) groups is 2. The molecule has 0 bridgehead atoms. The number of ether oxygens (including phenoxy) is 1. The molecule has 0 fully saturated rings. The fourth-order valence-electron chi connectivity index (χ4n) is 2.12. The van der Waals surface area contributed by atoms with Crippen LogP contribution >= 0.6 is 0 Å². The second kappa shape index (κ2) is 5.30. The first-order valence-corrected chi connectivity index (χ1v) is 6.35. The van der Waals surface area contributed by atoms with Gasteiger partial charge < -0.3 is 15.0 Å². The predicted molar refractivity (Wildman–Crippen MR) is 73.4 cm³/mol. The van der Waals surface area contributed by atoms with Gasteiger partial charge in [-0.05, 0) is 25.0 Å². The van der Waals surface area contributed by atoms with Gasteiger partial charge in [-0.25, -0.2) is 0 Å². The van der Waals surface area contributed by atoms with Crippen molar-refractivity contribution in [1.29, 1.82) is 0 Å². The fraction of sp³-hybridized carbons (Fsp3) is 0.429. The van der Waals surface area contributed by atoms with Crippen LogP contribution in [-0.2, 0) is 9.59 Å².